The highest BCUT2D eigenvalue weighted by molar-refractivity contribution is 5.94. The number of Topliss-reactive ketones (excluding diaryl/α,β-unsaturated/α-hetero) is 1. The van der Waals surface area contributed by atoms with Gasteiger partial charge in [-0.05, 0) is 24.5 Å². The molecule has 3 aliphatic heterocycles. The van der Waals surface area contributed by atoms with Gasteiger partial charge in [0.15, 0.2) is 5.78 Å². The third-order valence-electron chi connectivity index (χ3n) is 6.31. The highest BCUT2D eigenvalue weighted by Gasteiger charge is 2.57. The number of carbonyl (C=O) groups excluding carboxylic acids is 1. The van der Waals surface area contributed by atoms with E-state index in [-0.39, 0.29) is 5.78 Å². The van der Waals surface area contributed by atoms with E-state index in [0.717, 1.165) is 17.6 Å². The Morgan fingerprint density at radius 2 is 1.85 bits per heavy atom. The van der Waals surface area contributed by atoms with E-state index in [4.69, 9.17) is 0 Å². The molecular formula is C18H24NO+. The number of rotatable bonds is 2. The van der Waals surface area contributed by atoms with Crippen molar-refractivity contribution in [3.05, 3.63) is 35.4 Å². The molecule has 0 aromatic heterocycles. The normalized spacial score (nSPS) is 34.0. The molecule has 2 bridgehead atoms. The minimum absolute atomic E-state index is 0.192. The first-order valence-electron chi connectivity index (χ1n) is 8.16. The SMILES string of the molecule is CC(=O)c1cccc(C2C[C@H]3CC[C@@H](C2)[N+]32CCC2)c1. The third kappa shape index (κ3) is 1.70. The Bertz CT molecular complexity index is 530. The van der Waals surface area contributed by atoms with Crippen LogP contribution >= 0.6 is 0 Å². The molecule has 0 amide bonds. The summed E-state index contributed by atoms with van der Waals surface area (Å²) in [7, 11) is 0. The number of hydrogen-bond acceptors (Lipinski definition) is 1. The average Bonchev–Trinajstić information content (AvgIpc) is 2.63. The van der Waals surface area contributed by atoms with Crippen molar-refractivity contribution in [2.45, 2.75) is 57.0 Å². The Kier molecular flexibility index (Phi) is 2.78. The molecule has 3 heterocycles. The molecule has 20 heavy (non-hydrogen) atoms. The first-order valence-corrected chi connectivity index (χ1v) is 8.16. The van der Waals surface area contributed by atoms with E-state index in [0.29, 0.717) is 5.92 Å². The second kappa shape index (κ2) is 4.42. The second-order valence-corrected chi connectivity index (χ2v) is 7.14. The maximum Gasteiger partial charge on any atom is 0.159 e. The number of benzene rings is 1. The summed E-state index contributed by atoms with van der Waals surface area (Å²) in [6, 6.07) is 10.2. The molecule has 0 radical (unpaired) electrons. The van der Waals surface area contributed by atoms with Crippen LogP contribution in [0.1, 0.15) is 60.9 Å². The van der Waals surface area contributed by atoms with Crippen LogP contribution < -0.4 is 0 Å². The lowest BCUT2D eigenvalue weighted by atomic mass is 9.80. The number of carbonyl (C=O) groups is 1. The fourth-order valence-electron chi connectivity index (χ4n) is 5.14. The number of nitrogens with zero attached hydrogens (tertiary/aromatic N) is 1. The summed E-state index contributed by atoms with van der Waals surface area (Å²) in [6.07, 6.45) is 7.01. The molecule has 3 fully saturated rings. The minimum Gasteiger partial charge on any atom is -0.318 e. The molecule has 3 atom stereocenters. The summed E-state index contributed by atoms with van der Waals surface area (Å²) in [5.74, 6) is 0.882. The van der Waals surface area contributed by atoms with Crippen LogP contribution in [-0.4, -0.2) is 35.4 Å². The molecule has 1 aromatic carbocycles. The lowest BCUT2D eigenvalue weighted by Crippen LogP contribution is -2.66. The fraction of sp³-hybridized carbons (Fsp3) is 0.611. The molecule has 0 aliphatic carbocycles. The standard InChI is InChI=1S/C18H24NO/c1-13(20)14-4-2-5-15(10-14)16-11-17-6-7-18(12-16)19(17)8-3-9-19/h2,4-5,10,16-18H,3,6-9,11-12H2,1H3/q+1/t16?,17-,18+. The highest BCUT2D eigenvalue weighted by Crippen LogP contribution is 2.50. The van der Waals surface area contributed by atoms with Gasteiger partial charge in [0, 0.05) is 37.7 Å². The number of hydrogen-bond donors (Lipinski definition) is 0. The molecule has 2 heteroatoms. The van der Waals surface area contributed by atoms with Gasteiger partial charge in [0.25, 0.3) is 0 Å². The predicted octanol–water partition coefficient (Wildman–Crippen LogP) is 3.52. The van der Waals surface area contributed by atoms with Crippen molar-refractivity contribution < 1.29 is 9.28 Å². The molecule has 1 spiro atoms. The zero-order valence-electron chi connectivity index (χ0n) is 12.3. The first-order chi connectivity index (χ1) is 9.69. The Balaban J connectivity index is 1.59. The molecule has 3 saturated heterocycles. The van der Waals surface area contributed by atoms with Crippen molar-refractivity contribution in [1.29, 1.82) is 0 Å². The zero-order valence-corrected chi connectivity index (χ0v) is 12.3. The Hall–Kier alpha value is -1.15. The van der Waals surface area contributed by atoms with Crippen LogP contribution in [0.25, 0.3) is 0 Å². The molecule has 1 aromatic rings. The van der Waals surface area contributed by atoms with Gasteiger partial charge >= 0.3 is 0 Å². The van der Waals surface area contributed by atoms with E-state index in [2.05, 4.69) is 18.2 Å². The lowest BCUT2D eigenvalue weighted by Gasteiger charge is -2.55. The maximum atomic E-state index is 11.6. The molecule has 1 unspecified atom stereocenters. The van der Waals surface area contributed by atoms with Crippen molar-refractivity contribution in [2.24, 2.45) is 0 Å². The largest absolute Gasteiger partial charge is 0.318 e. The number of piperidine rings is 1. The summed E-state index contributed by atoms with van der Waals surface area (Å²) in [4.78, 5) is 11.6. The Morgan fingerprint density at radius 1 is 1.15 bits per heavy atom. The molecular weight excluding hydrogens is 246 g/mol. The van der Waals surface area contributed by atoms with E-state index >= 15 is 0 Å². The van der Waals surface area contributed by atoms with Crippen LogP contribution in [0, 0.1) is 0 Å². The van der Waals surface area contributed by atoms with Gasteiger partial charge in [-0.3, -0.25) is 4.79 Å². The van der Waals surface area contributed by atoms with Crippen LogP contribution in [-0.2, 0) is 0 Å². The van der Waals surface area contributed by atoms with E-state index in [1.165, 1.54) is 55.2 Å². The molecule has 0 saturated carbocycles. The summed E-state index contributed by atoms with van der Waals surface area (Å²) in [5.41, 5.74) is 2.29. The lowest BCUT2D eigenvalue weighted by molar-refractivity contribution is -0.999. The summed E-state index contributed by atoms with van der Waals surface area (Å²) in [6.45, 7) is 4.55. The zero-order chi connectivity index (χ0) is 13.7. The van der Waals surface area contributed by atoms with Crippen LogP contribution in [0.3, 0.4) is 0 Å². The fourth-order valence-corrected chi connectivity index (χ4v) is 5.14. The van der Waals surface area contributed by atoms with Gasteiger partial charge in [0.05, 0.1) is 25.2 Å². The summed E-state index contributed by atoms with van der Waals surface area (Å²) in [5, 5.41) is 0. The summed E-state index contributed by atoms with van der Waals surface area (Å²) < 4.78 is 1.46. The molecule has 3 aliphatic rings. The van der Waals surface area contributed by atoms with Crippen molar-refractivity contribution >= 4 is 5.78 Å². The van der Waals surface area contributed by atoms with Gasteiger partial charge in [-0.2, -0.15) is 0 Å². The van der Waals surface area contributed by atoms with E-state index in [1.807, 2.05) is 6.07 Å². The quantitative estimate of drug-likeness (QED) is 0.593. The molecule has 0 N–H and O–H groups in total. The molecule has 4 rings (SSSR count). The minimum atomic E-state index is 0.192. The smallest absolute Gasteiger partial charge is 0.159 e. The van der Waals surface area contributed by atoms with Crippen LogP contribution in [0.4, 0.5) is 0 Å². The van der Waals surface area contributed by atoms with Crippen molar-refractivity contribution in [3.8, 4) is 0 Å². The highest BCUT2D eigenvalue weighted by atomic mass is 16.1. The van der Waals surface area contributed by atoms with Gasteiger partial charge in [-0.1, -0.05) is 18.2 Å². The van der Waals surface area contributed by atoms with Gasteiger partial charge in [-0.15, -0.1) is 0 Å². The van der Waals surface area contributed by atoms with Gasteiger partial charge < -0.3 is 4.48 Å². The Labute approximate surface area is 121 Å². The Morgan fingerprint density at radius 3 is 2.40 bits per heavy atom. The second-order valence-electron chi connectivity index (χ2n) is 7.14. The third-order valence-corrected chi connectivity index (χ3v) is 6.31. The number of ketones is 1. The predicted molar refractivity (Wildman–Crippen MR) is 79.8 cm³/mol. The van der Waals surface area contributed by atoms with Gasteiger partial charge in [0.1, 0.15) is 0 Å². The van der Waals surface area contributed by atoms with Crippen LogP contribution in [0.2, 0.25) is 0 Å². The van der Waals surface area contributed by atoms with E-state index in [1.54, 1.807) is 6.92 Å². The van der Waals surface area contributed by atoms with Crippen molar-refractivity contribution in [2.75, 3.05) is 13.1 Å². The number of quaternary nitrogens is 1. The monoisotopic (exact) mass is 270 g/mol. The first kappa shape index (κ1) is 12.6. The van der Waals surface area contributed by atoms with Crippen LogP contribution in [0.5, 0.6) is 0 Å². The average molecular weight is 270 g/mol. The van der Waals surface area contributed by atoms with Crippen molar-refractivity contribution in [3.63, 3.8) is 0 Å². The molecule has 2 nitrogen and oxygen atoms in total. The molecule has 106 valence electrons. The van der Waals surface area contributed by atoms with Crippen molar-refractivity contribution in [1.82, 2.24) is 0 Å². The van der Waals surface area contributed by atoms with E-state index < -0.39 is 0 Å². The maximum absolute atomic E-state index is 11.6. The van der Waals surface area contributed by atoms with Crippen LogP contribution in [0.15, 0.2) is 24.3 Å². The van der Waals surface area contributed by atoms with Gasteiger partial charge in [0.2, 0.25) is 0 Å². The topological polar surface area (TPSA) is 17.1 Å². The van der Waals surface area contributed by atoms with Gasteiger partial charge in [-0.25, -0.2) is 0 Å². The van der Waals surface area contributed by atoms with E-state index in [9.17, 15) is 4.79 Å². The summed E-state index contributed by atoms with van der Waals surface area (Å²) >= 11 is 0.